The minimum absolute atomic E-state index is 0.300. The molecule has 1 aromatic heterocycles. The molecule has 3 unspecified atom stereocenters. The van der Waals surface area contributed by atoms with Crippen LogP contribution in [0.3, 0.4) is 0 Å². The predicted molar refractivity (Wildman–Crippen MR) is 73.4 cm³/mol. The molecule has 1 heterocycles. The van der Waals surface area contributed by atoms with Gasteiger partial charge in [-0.05, 0) is 55.2 Å². The van der Waals surface area contributed by atoms with E-state index < -0.39 is 5.97 Å². The van der Waals surface area contributed by atoms with Crippen LogP contribution in [0.1, 0.15) is 36.0 Å². The second kappa shape index (κ2) is 4.30. The highest BCUT2D eigenvalue weighted by Crippen LogP contribution is 2.48. The number of fused-ring (bicyclic) bond motifs is 3. The van der Waals surface area contributed by atoms with Gasteiger partial charge in [0, 0.05) is 6.54 Å². The minimum Gasteiger partial charge on any atom is -0.478 e. The summed E-state index contributed by atoms with van der Waals surface area (Å²) in [4.78, 5) is 11.1. The monoisotopic (exact) mass is 271 g/mol. The van der Waals surface area contributed by atoms with E-state index in [1.165, 1.54) is 25.7 Å². The largest absolute Gasteiger partial charge is 0.478 e. The molecule has 4 rings (SSSR count). The lowest BCUT2D eigenvalue weighted by molar-refractivity contribution is 0.0697. The summed E-state index contributed by atoms with van der Waals surface area (Å²) >= 11 is 0. The molecule has 1 aromatic carbocycles. The fraction of sp³-hybridized carbons (Fsp3) is 0.533. The van der Waals surface area contributed by atoms with Gasteiger partial charge in [0.05, 0.1) is 11.1 Å². The fourth-order valence-corrected chi connectivity index (χ4v) is 4.06. The number of nitrogens with zero attached hydrogens (tertiary/aromatic N) is 3. The summed E-state index contributed by atoms with van der Waals surface area (Å²) in [6, 6.07) is 5.01. The number of carboxylic acid groups (broad SMARTS) is 1. The molecule has 2 aliphatic rings. The van der Waals surface area contributed by atoms with Crippen LogP contribution in [0.25, 0.3) is 11.0 Å². The van der Waals surface area contributed by atoms with Crippen molar-refractivity contribution in [1.29, 1.82) is 0 Å². The molecule has 104 valence electrons. The third-order valence-corrected chi connectivity index (χ3v) is 5.05. The summed E-state index contributed by atoms with van der Waals surface area (Å²) in [5.41, 5.74) is 1.92. The Morgan fingerprint density at radius 2 is 2.25 bits per heavy atom. The van der Waals surface area contributed by atoms with Crippen molar-refractivity contribution in [2.75, 3.05) is 0 Å². The van der Waals surface area contributed by atoms with Gasteiger partial charge in [0.1, 0.15) is 5.52 Å². The molecule has 2 aliphatic carbocycles. The van der Waals surface area contributed by atoms with Gasteiger partial charge in [-0.25, -0.2) is 9.48 Å². The van der Waals surface area contributed by atoms with Crippen LogP contribution in [0.15, 0.2) is 18.2 Å². The highest BCUT2D eigenvalue weighted by molar-refractivity contribution is 5.92. The fourth-order valence-electron chi connectivity index (χ4n) is 4.06. The van der Waals surface area contributed by atoms with E-state index in [2.05, 4.69) is 10.3 Å². The number of benzene rings is 1. The zero-order valence-electron chi connectivity index (χ0n) is 11.2. The highest BCUT2D eigenvalue weighted by Gasteiger charge is 2.39. The predicted octanol–water partition coefficient (Wildman–Crippen LogP) is 2.57. The molecule has 2 fully saturated rings. The zero-order valence-corrected chi connectivity index (χ0v) is 11.2. The summed E-state index contributed by atoms with van der Waals surface area (Å²) in [6.07, 6.45) is 5.41. The maximum absolute atomic E-state index is 11.1. The van der Waals surface area contributed by atoms with Crippen molar-refractivity contribution in [3.05, 3.63) is 23.8 Å². The van der Waals surface area contributed by atoms with E-state index in [1.54, 1.807) is 18.2 Å². The molecule has 20 heavy (non-hydrogen) atoms. The van der Waals surface area contributed by atoms with Gasteiger partial charge in [-0.3, -0.25) is 0 Å². The molecule has 3 atom stereocenters. The second-order valence-corrected chi connectivity index (χ2v) is 6.22. The standard InChI is InChI=1S/C15H17N3O2/c19-15(20)11-3-4-13-14(7-11)18(17-16-13)8-12-6-9-1-2-10(12)5-9/h3-4,7,9-10,12H,1-2,5-6,8H2,(H,19,20). The van der Waals surface area contributed by atoms with Crippen LogP contribution >= 0.6 is 0 Å². The lowest BCUT2D eigenvalue weighted by atomic mass is 9.89. The van der Waals surface area contributed by atoms with Crippen molar-refractivity contribution < 1.29 is 9.90 Å². The Balaban J connectivity index is 1.66. The molecule has 2 aromatic rings. The van der Waals surface area contributed by atoms with E-state index in [4.69, 9.17) is 5.11 Å². The Kier molecular flexibility index (Phi) is 2.55. The quantitative estimate of drug-likeness (QED) is 0.931. The molecule has 0 amide bonds. The number of aromatic nitrogens is 3. The van der Waals surface area contributed by atoms with E-state index in [-0.39, 0.29) is 0 Å². The first kappa shape index (κ1) is 11.9. The molecule has 0 saturated heterocycles. The van der Waals surface area contributed by atoms with Gasteiger partial charge < -0.3 is 5.11 Å². The SMILES string of the molecule is O=C(O)c1ccc2nnn(CC3CC4CCC3C4)c2c1. The van der Waals surface area contributed by atoms with Gasteiger partial charge in [-0.1, -0.05) is 11.6 Å². The third-order valence-electron chi connectivity index (χ3n) is 5.05. The number of rotatable bonds is 3. The normalized spacial score (nSPS) is 28.3. The van der Waals surface area contributed by atoms with Gasteiger partial charge in [-0.2, -0.15) is 0 Å². The number of hydrogen-bond donors (Lipinski definition) is 1. The van der Waals surface area contributed by atoms with Gasteiger partial charge in [0.15, 0.2) is 0 Å². The molecule has 2 saturated carbocycles. The number of hydrogen-bond acceptors (Lipinski definition) is 3. The van der Waals surface area contributed by atoms with Gasteiger partial charge in [-0.15, -0.1) is 5.10 Å². The summed E-state index contributed by atoms with van der Waals surface area (Å²) in [5, 5.41) is 17.5. The van der Waals surface area contributed by atoms with Crippen molar-refractivity contribution in [2.24, 2.45) is 17.8 Å². The molecule has 2 bridgehead atoms. The van der Waals surface area contributed by atoms with Gasteiger partial charge in [0.2, 0.25) is 0 Å². The van der Waals surface area contributed by atoms with Gasteiger partial charge in [0.25, 0.3) is 0 Å². The third kappa shape index (κ3) is 1.80. The van der Waals surface area contributed by atoms with E-state index in [1.807, 2.05) is 4.68 Å². The Morgan fingerprint density at radius 1 is 1.35 bits per heavy atom. The molecule has 0 radical (unpaired) electrons. The Bertz CT molecular complexity index is 679. The number of carboxylic acids is 1. The Morgan fingerprint density at radius 3 is 2.95 bits per heavy atom. The first-order valence-electron chi connectivity index (χ1n) is 7.27. The summed E-state index contributed by atoms with van der Waals surface area (Å²) in [7, 11) is 0. The summed E-state index contributed by atoms with van der Waals surface area (Å²) < 4.78 is 1.90. The van der Waals surface area contributed by atoms with E-state index in [0.29, 0.717) is 11.5 Å². The van der Waals surface area contributed by atoms with E-state index >= 15 is 0 Å². The summed E-state index contributed by atoms with van der Waals surface area (Å²) in [6.45, 7) is 0.876. The molecule has 0 aliphatic heterocycles. The van der Waals surface area contributed by atoms with E-state index in [9.17, 15) is 4.79 Å². The molecule has 0 spiro atoms. The second-order valence-electron chi connectivity index (χ2n) is 6.22. The van der Waals surface area contributed by atoms with Gasteiger partial charge >= 0.3 is 5.97 Å². The number of carbonyl (C=O) groups is 1. The van der Waals surface area contributed by atoms with Crippen LogP contribution in [-0.2, 0) is 6.54 Å². The summed E-state index contributed by atoms with van der Waals surface area (Å²) in [5.74, 6) is 1.53. The van der Waals surface area contributed by atoms with Crippen LogP contribution < -0.4 is 0 Å². The maximum Gasteiger partial charge on any atom is 0.335 e. The van der Waals surface area contributed by atoms with E-state index in [0.717, 1.165) is 29.4 Å². The molecule has 1 N–H and O–H groups in total. The lowest BCUT2D eigenvalue weighted by Crippen LogP contribution is -2.18. The molecule has 5 nitrogen and oxygen atoms in total. The average Bonchev–Trinajstić information content (AvgIpc) is 3.14. The van der Waals surface area contributed by atoms with Crippen molar-refractivity contribution in [3.8, 4) is 0 Å². The minimum atomic E-state index is -0.903. The molecular weight excluding hydrogens is 254 g/mol. The van der Waals surface area contributed by atoms with Crippen LogP contribution in [0.4, 0.5) is 0 Å². The topological polar surface area (TPSA) is 68.0 Å². The van der Waals surface area contributed by atoms with Crippen LogP contribution in [-0.4, -0.2) is 26.1 Å². The van der Waals surface area contributed by atoms with Crippen molar-refractivity contribution in [3.63, 3.8) is 0 Å². The lowest BCUT2D eigenvalue weighted by Gasteiger charge is -2.21. The van der Waals surface area contributed by atoms with Crippen LogP contribution in [0.5, 0.6) is 0 Å². The van der Waals surface area contributed by atoms with Crippen LogP contribution in [0, 0.1) is 17.8 Å². The first-order valence-corrected chi connectivity index (χ1v) is 7.27. The highest BCUT2D eigenvalue weighted by atomic mass is 16.4. The zero-order chi connectivity index (χ0) is 13.7. The maximum atomic E-state index is 11.1. The Labute approximate surface area is 116 Å². The first-order chi connectivity index (χ1) is 9.70. The number of aromatic carboxylic acids is 1. The molecular formula is C15H17N3O2. The van der Waals surface area contributed by atoms with Crippen molar-refractivity contribution >= 4 is 17.0 Å². The Hall–Kier alpha value is -1.91. The van der Waals surface area contributed by atoms with Crippen LogP contribution in [0.2, 0.25) is 0 Å². The van der Waals surface area contributed by atoms with Crippen molar-refractivity contribution in [1.82, 2.24) is 15.0 Å². The van der Waals surface area contributed by atoms with Crippen molar-refractivity contribution in [2.45, 2.75) is 32.2 Å². The average molecular weight is 271 g/mol. The molecule has 5 heteroatoms. The smallest absolute Gasteiger partial charge is 0.335 e.